The predicted octanol–water partition coefficient (Wildman–Crippen LogP) is 10.2. The van der Waals surface area contributed by atoms with Crippen LogP contribution in [0, 0.1) is 0 Å². The Morgan fingerprint density at radius 3 is 1.52 bits per heavy atom. The van der Waals surface area contributed by atoms with Gasteiger partial charge in [-0.25, -0.2) is 9.59 Å². The van der Waals surface area contributed by atoms with Crippen molar-refractivity contribution in [3.8, 4) is 16.9 Å². The van der Waals surface area contributed by atoms with Crippen molar-refractivity contribution in [2.45, 2.75) is 30.8 Å². The number of hydrogen-bond donors (Lipinski definition) is 1. The Hall–Kier alpha value is -6.96. The summed E-state index contributed by atoms with van der Waals surface area (Å²) in [6.07, 6.45) is -0.753. The van der Waals surface area contributed by atoms with Crippen LogP contribution in [0.25, 0.3) is 11.1 Å². The minimum absolute atomic E-state index is 0.0259. The lowest BCUT2D eigenvalue weighted by Crippen LogP contribution is -2.47. The molecule has 288 valence electrons. The van der Waals surface area contributed by atoms with Crippen LogP contribution < -0.4 is 10.1 Å². The van der Waals surface area contributed by atoms with Gasteiger partial charge in [0, 0.05) is 5.92 Å². The molecule has 0 aromatic heterocycles. The number of carbonyl (C=O) groups excluding carboxylic acids is 2. The first-order valence-electron chi connectivity index (χ1n) is 19.4. The summed E-state index contributed by atoms with van der Waals surface area (Å²) in [4.78, 5) is 27.8. The molecule has 1 atom stereocenters. The molecule has 7 nitrogen and oxygen atoms in total. The average molecular weight is 766 g/mol. The second kappa shape index (κ2) is 17.9. The van der Waals surface area contributed by atoms with Gasteiger partial charge in [0.15, 0.2) is 6.04 Å². The standard InChI is InChI=1S/C51H43NO6/c53-49(56-34-38-29-31-42(32-30-38)55-33-37-17-5-1-6-18-37)48(52-50(54)57-35-47-45-27-15-13-25-43(45)44-26-14-16-28-46(44)47)36-58-51(39-19-7-2-8-20-39,40-21-9-3-10-22-40)41-23-11-4-12-24-41/h1-32,47-48H,33-36H2,(H,52,54)/t48-/m0/s1. The van der Waals surface area contributed by atoms with Crippen LogP contribution in [0.3, 0.4) is 0 Å². The minimum Gasteiger partial charge on any atom is -0.489 e. The summed E-state index contributed by atoms with van der Waals surface area (Å²) >= 11 is 0. The lowest BCUT2D eigenvalue weighted by molar-refractivity contribution is -0.150. The first-order chi connectivity index (χ1) is 28.6. The quantitative estimate of drug-likeness (QED) is 0.0827. The van der Waals surface area contributed by atoms with E-state index in [4.69, 9.17) is 18.9 Å². The highest BCUT2D eigenvalue weighted by Gasteiger charge is 2.39. The van der Waals surface area contributed by atoms with Gasteiger partial charge in [-0.15, -0.1) is 0 Å². The fraction of sp³-hybridized carbons (Fsp3) is 0.137. The number of nitrogens with one attached hydrogen (secondary N) is 1. The number of rotatable bonds is 15. The van der Waals surface area contributed by atoms with E-state index in [1.807, 2.05) is 170 Å². The zero-order valence-corrected chi connectivity index (χ0v) is 31.9. The zero-order valence-electron chi connectivity index (χ0n) is 31.9. The third-order valence-electron chi connectivity index (χ3n) is 10.5. The van der Waals surface area contributed by atoms with Crippen LogP contribution >= 0.6 is 0 Å². The molecule has 1 N–H and O–H groups in total. The van der Waals surface area contributed by atoms with Crippen LogP contribution in [0.5, 0.6) is 5.75 Å². The molecular formula is C51H43NO6. The Bertz CT molecular complexity index is 2280. The number of fused-ring (bicyclic) bond motifs is 3. The lowest BCUT2D eigenvalue weighted by atomic mass is 9.80. The maximum absolute atomic E-state index is 14.1. The number of hydrogen-bond acceptors (Lipinski definition) is 6. The van der Waals surface area contributed by atoms with Gasteiger partial charge >= 0.3 is 12.1 Å². The molecule has 0 saturated heterocycles. The SMILES string of the molecule is O=C(N[C@@H](COC(c1ccccc1)(c1ccccc1)c1ccccc1)C(=O)OCc1ccc(OCc2ccccc2)cc1)OCC1c2ccccc2-c2ccccc21. The normalized spacial score (nSPS) is 12.5. The van der Waals surface area contributed by atoms with Crippen molar-refractivity contribution in [1.29, 1.82) is 0 Å². The highest BCUT2D eigenvalue weighted by molar-refractivity contribution is 5.82. The third-order valence-corrected chi connectivity index (χ3v) is 10.5. The summed E-state index contributed by atoms with van der Waals surface area (Å²) in [5.74, 6) is -0.122. The van der Waals surface area contributed by atoms with Gasteiger partial charge in [-0.05, 0) is 62.2 Å². The summed E-state index contributed by atoms with van der Waals surface area (Å²) in [6, 6.07) is 62.0. The molecule has 0 heterocycles. The molecule has 7 aromatic carbocycles. The van der Waals surface area contributed by atoms with Crippen molar-refractivity contribution in [1.82, 2.24) is 5.32 Å². The van der Waals surface area contributed by atoms with Crippen molar-refractivity contribution in [3.05, 3.63) is 233 Å². The molecular weight excluding hydrogens is 723 g/mol. The first kappa shape index (κ1) is 37.9. The maximum atomic E-state index is 14.1. The van der Waals surface area contributed by atoms with Crippen molar-refractivity contribution in [2.75, 3.05) is 13.2 Å². The van der Waals surface area contributed by atoms with Gasteiger partial charge in [0.05, 0.1) is 6.61 Å². The van der Waals surface area contributed by atoms with Crippen LogP contribution in [-0.2, 0) is 37.8 Å². The van der Waals surface area contributed by atoms with Gasteiger partial charge in [-0.2, -0.15) is 0 Å². The van der Waals surface area contributed by atoms with Crippen molar-refractivity contribution in [2.24, 2.45) is 0 Å². The van der Waals surface area contributed by atoms with Crippen LogP contribution in [0.15, 0.2) is 194 Å². The molecule has 58 heavy (non-hydrogen) atoms. The number of alkyl carbamates (subject to hydrolysis) is 1. The number of benzene rings is 7. The Morgan fingerprint density at radius 1 is 0.517 bits per heavy atom. The maximum Gasteiger partial charge on any atom is 0.407 e. The average Bonchev–Trinajstić information content (AvgIpc) is 3.61. The topological polar surface area (TPSA) is 83.1 Å². The summed E-state index contributed by atoms with van der Waals surface area (Å²) in [7, 11) is 0. The molecule has 1 aliphatic carbocycles. The largest absolute Gasteiger partial charge is 0.489 e. The molecule has 0 aliphatic heterocycles. The Kier molecular flexibility index (Phi) is 11.7. The van der Waals surface area contributed by atoms with E-state index >= 15 is 0 Å². The Labute approximate surface area is 338 Å². The van der Waals surface area contributed by atoms with E-state index < -0.39 is 23.7 Å². The van der Waals surface area contributed by atoms with Gasteiger partial charge in [0.25, 0.3) is 0 Å². The van der Waals surface area contributed by atoms with E-state index in [0.29, 0.717) is 12.4 Å². The molecule has 1 amide bonds. The molecule has 7 heteroatoms. The van der Waals surface area contributed by atoms with Crippen molar-refractivity contribution >= 4 is 12.1 Å². The molecule has 0 unspecified atom stereocenters. The van der Waals surface area contributed by atoms with E-state index in [-0.39, 0.29) is 25.7 Å². The highest BCUT2D eigenvalue weighted by Crippen LogP contribution is 2.45. The van der Waals surface area contributed by atoms with E-state index in [0.717, 1.165) is 50.1 Å². The van der Waals surface area contributed by atoms with Crippen molar-refractivity contribution < 1.29 is 28.5 Å². The second-order valence-corrected chi connectivity index (χ2v) is 14.1. The van der Waals surface area contributed by atoms with E-state index in [2.05, 4.69) is 29.6 Å². The second-order valence-electron chi connectivity index (χ2n) is 14.1. The lowest BCUT2D eigenvalue weighted by Gasteiger charge is -2.37. The number of ether oxygens (including phenoxy) is 4. The molecule has 0 saturated carbocycles. The van der Waals surface area contributed by atoms with Gasteiger partial charge in [0.1, 0.15) is 31.2 Å². The summed E-state index contributed by atoms with van der Waals surface area (Å²) in [5.41, 5.74) is 7.67. The third kappa shape index (κ3) is 8.41. The molecule has 7 aromatic rings. The van der Waals surface area contributed by atoms with Crippen molar-refractivity contribution in [3.63, 3.8) is 0 Å². The molecule has 0 fully saturated rings. The molecule has 8 rings (SSSR count). The summed E-state index contributed by atoms with van der Waals surface area (Å²) in [6.45, 7) is 0.272. The van der Waals surface area contributed by atoms with Crippen LogP contribution in [-0.4, -0.2) is 31.3 Å². The van der Waals surface area contributed by atoms with Crippen LogP contribution in [0.1, 0.15) is 44.9 Å². The van der Waals surface area contributed by atoms with E-state index in [1.165, 1.54) is 0 Å². The highest BCUT2D eigenvalue weighted by atomic mass is 16.6. The van der Waals surface area contributed by atoms with E-state index in [1.54, 1.807) is 0 Å². The minimum atomic E-state index is -1.22. The molecule has 0 bridgehead atoms. The smallest absolute Gasteiger partial charge is 0.407 e. The summed E-state index contributed by atoms with van der Waals surface area (Å²) in [5, 5.41) is 2.81. The Morgan fingerprint density at radius 2 is 0.983 bits per heavy atom. The first-order valence-corrected chi connectivity index (χ1v) is 19.4. The summed E-state index contributed by atoms with van der Waals surface area (Å²) < 4.78 is 24.7. The Balaban J connectivity index is 1.03. The molecule has 1 aliphatic rings. The van der Waals surface area contributed by atoms with Crippen LogP contribution in [0.2, 0.25) is 0 Å². The number of esters is 1. The molecule has 0 spiro atoms. The van der Waals surface area contributed by atoms with E-state index in [9.17, 15) is 9.59 Å². The predicted molar refractivity (Wildman–Crippen MR) is 224 cm³/mol. The van der Waals surface area contributed by atoms with Gasteiger partial charge in [-0.3, -0.25) is 0 Å². The fourth-order valence-electron chi connectivity index (χ4n) is 7.61. The zero-order chi connectivity index (χ0) is 39.6. The van der Waals surface area contributed by atoms with Crippen LogP contribution in [0.4, 0.5) is 4.79 Å². The van der Waals surface area contributed by atoms with Gasteiger partial charge in [-0.1, -0.05) is 182 Å². The number of carbonyl (C=O) groups is 2. The fourth-order valence-corrected chi connectivity index (χ4v) is 7.61. The monoisotopic (exact) mass is 765 g/mol. The van der Waals surface area contributed by atoms with Gasteiger partial charge < -0.3 is 24.3 Å². The molecule has 0 radical (unpaired) electrons. The van der Waals surface area contributed by atoms with Gasteiger partial charge in [0.2, 0.25) is 0 Å². The number of amides is 1.